The largest absolute Gasteiger partial charge is 0.379 e. The van der Waals surface area contributed by atoms with E-state index >= 15 is 0 Å². The minimum absolute atomic E-state index is 0.350. The van der Waals surface area contributed by atoms with Crippen molar-refractivity contribution in [3.8, 4) is 0 Å². The lowest BCUT2D eigenvalue weighted by Gasteiger charge is -2.29. The van der Waals surface area contributed by atoms with Gasteiger partial charge in [0.1, 0.15) is 5.82 Å². The first-order valence-electron chi connectivity index (χ1n) is 6.35. The molecule has 0 saturated carbocycles. The quantitative estimate of drug-likeness (QED) is 0.801. The summed E-state index contributed by atoms with van der Waals surface area (Å²) < 4.78 is 5.34. The maximum Gasteiger partial charge on any atom is 0.224 e. The predicted octanol–water partition coefficient (Wildman–Crippen LogP) is 0.651. The molecule has 18 heavy (non-hydrogen) atoms. The van der Waals surface area contributed by atoms with Gasteiger partial charge < -0.3 is 15.4 Å². The summed E-state index contributed by atoms with van der Waals surface area (Å²) >= 11 is 0. The van der Waals surface area contributed by atoms with Crippen molar-refractivity contribution in [1.82, 2.24) is 14.9 Å². The Kier molecular flexibility index (Phi) is 4.72. The summed E-state index contributed by atoms with van der Waals surface area (Å²) in [6.07, 6.45) is 1.75. The monoisotopic (exact) mass is 251 g/mol. The van der Waals surface area contributed by atoms with Crippen molar-refractivity contribution in [1.29, 1.82) is 0 Å². The highest BCUT2D eigenvalue weighted by molar-refractivity contribution is 5.39. The molecule has 1 saturated heterocycles. The number of morpholine rings is 1. The van der Waals surface area contributed by atoms with Crippen molar-refractivity contribution < 1.29 is 4.74 Å². The first-order chi connectivity index (χ1) is 8.78. The molecule has 100 valence electrons. The van der Waals surface area contributed by atoms with Crippen LogP contribution in [0, 0.1) is 0 Å². The molecule has 1 aliphatic rings. The number of aromatic nitrogens is 2. The molecule has 2 heterocycles. The second kappa shape index (κ2) is 6.51. The molecule has 1 unspecified atom stereocenters. The van der Waals surface area contributed by atoms with Crippen molar-refractivity contribution in [2.24, 2.45) is 0 Å². The maximum absolute atomic E-state index is 5.34. The zero-order valence-electron chi connectivity index (χ0n) is 11.0. The Bertz CT molecular complexity index is 367. The Labute approximate surface area is 108 Å². The van der Waals surface area contributed by atoms with Gasteiger partial charge in [0.2, 0.25) is 5.95 Å². The number of ether oxygens (including phenoxy) is 1. The van der Waals surface area contributed by atoms with Crippen LogP contribution in [0.25, 0.3) is 0 Å². The van der Waals surface area contributed by atoms with E-state index in [0.29, 0.717) is 12.0 Å². The molecule has 2 rings (SSSR count). The molecule has 0 aliphatic carbocycles. The van der Waals surface area contributed by atoms with Crippen molar-refractivity contribution in [2.75, 3.05) is 50.5 Å². The molecule has 1 atom stereocenters. The van der Waals surface area contributed by atoms with Crippen LogP contribution in [0.5, 0.6) is 0 Å². The van der Waals surface area contributed by atoms with E-state index < -0.39 is 0 Å². The third-order valence-corrected chi connectivity index (χ3v) is 2.91. The van der Waals surface area contributed by atoms with Gasteiger partial charge in [-0.1, -0.05) is 0 Å². The summed E-state index contributed by atoms with van der Waals surface area (Å²) in [5.41, 5.74) is 0. The number of nitrogens with one attached hydrogen (secondary N) is 2. The van der Waals surface area contributed by atoms with E-state index in [1.807, 2.05) is 13.1 Å². The summed E-state index contributed by atoms with van der Waals surface area (Å²) in [7, 11) is 1.82. The Hall–Kier alpha value is -1.40. The molecule has 0 aromatic carbocycles. The van der Waals surface area contributed by atoms with Gasteiger partial charge in [0.15, 0.2) is 0 Å². The van der Waals surface area contributed by atoms with Crippen molar-refractivity contribution in [3.63, 3.8) is 0 Å². The lowest BCUT2D eigenvalue weighted by molar-refractivity contribution is 0.0368. The minimum atomic E-state index is 0.350. The molecule has 1 fully saturated rings. The van der Waals surface area contributed by atoms with E-state index in [1.165, 1.54) is 0 Å². The molecule has 0 radical (unpaired) electrons. The third kappa shape index (κ3) is 3.82. The SMILES string of the molecule is CNc1nccc(NC(C)CN2CCOCC2)n1. The Morgan fingerprint density at radius 2 is 2.22 bits per heavy atom. The number of nitrogens with zero attached hydrogens (tertiary/aromatic N) is 3. The topological polar surface area (TPSA) is 62.3 Å². The summed E-state index contributed by atoms with van der Waals surface area (Å²) in [6, 6.07) is 2.24. The summed E-state index contributed by atoms with van der Waals surface area (Å²) in [5, 5.41) is 6.32. The van der Waals surface area contributed by atoms with Gasteiger partial charge in [0, 0.05) is 38.9 Å². The maximum atomic E-state index is 5.34. The van der Waals surface area contributed by atoms with Crippen LogP contribution in [0.1, 0.15) is 6.92 Å². The fourth-order valence-electron chi connectivity index (χ4n) is 2.03. The average molecular weight is 251 g/mol. The first-order valence-corrected chi connectivity index (χ1v) is 6.35. The second-order valence-electron chi connectivity index (χ2n) is 4.47. The lowest BCUT2D eigenvalue weighted by atomic mass is 10.3. The molecule has 2 N–H and O–H groups in total. The first kappa shape index (κ1) is 13.0. The summed E-state index contributed by atoms with van der Waals surface area (Å²) in [4.78, 5) is 10.8. The smallest absolute Gasteiger partial charge is 0.224 e. The summed E-state index contributed by atoms with van der Waals surface area (Å²) in [6.45, 7) is 6.86. The van der Waals surface area contributed by atoms with E-state index in [9.17, 15) is 0 Å². The normalized spacial score (nSPS) is 18.3. The van der Waals surface area contributed by atoms with Crippen molar-refractivity contribution >= 4 is 11.8 Å². The Morgan fingerprint density at radius 1 is 1.44 bits per heavy atom. The number of hydrogen-bond acceptors (Lipinski definition) is 6. The molecular formula is C12H21N5O. The van der Waals surface area contributed by atoms with E-state index in [2.05, 4.69) is 32.4 Å². The number of rotatable bonds is 5. The van der Waals surface area contributed by atoms with Gasteiger partial charge in [-0.15, -0.1) is 0 Å². The zero-order chi connectivity index (χ0) is 12.8. The van der Waals surface area contributed by atoms with Crippen LogP contribution in [0.4, 0.5) is 11.8 Å². The van der Waals surface area contributed by atoms with Gasteiger partial charge in [0.05, 0.1) is 13.2 Å². The van der Waals surface area contributed by atoms with Gasteiger partial charge in [-0.05, 0) is 13.0 Å². The van der Waals surface area contributed by atoms with E-state index in [-0.39, 0.29) is 0 Å². The standard InChI is InChI=1S/C12H21N5O/c1-10(9-17-5-7-18-8-6-17)15-11-3-4-14-12(13-2)16-11/h3-4,10H,5-9H2,1-2H3,(H2,13,14,15,16). The highest BCUT2D eigenvalue weighted by Gasteiger charge is 2.13. The molecule has 6 nitrogen and oxygen atoms in total. The molecular weight excluding hydrogens is 230 g/mol. The molecule has 0 amide bonds. The zero-order valence-corrected chi connectivity index (χ0v) is 11.0. The average Bonchev–Trinajstić information content (AvgIpc) is 2.40. The molecule has 1 aliphatic heterocycles. The highest BCUT2D eigenvalue weighted by atomic mass is 16.5. The molecule has 0 spiro atoms. The van der Waals surface area contributed by atoms with E-state index in [1.54, 1.807) is 6.20 Å². The molecule has 6 heteroatoms. The van der Waals surface area contributed by atoms with Crippen LogP contribution in [0.15, 0.2) is 12.3 Å². The number of hydrogen-bond donors (Lipinski definition) is 2. The molecule has 1 aromatic rings. The van der Waals surface area contributed by atoms with Crippen molar-refractivity contribution in [2.45, 2.75) is 13.0 Å². The highest BCUT2D eigenvalue weighted by Crippen LogP contribution is 2.08. The van der Waals surface area contributed by atoms with E-state index in [0.717, 1.165) is 38.7 Å². The Morgan fingerprint density at radius 3 is 2.94 bits per heavy atom. The Balaban J connectivity index is 1.83. The van der Waals surface area contributed by atoms with Crippen LogP contribution < -0.4 is 10.6 Å². The van der Waals surface area contributed by atoms with Crippen LogP contribution in [0.3, 0.4) is 0 Å². The van der Waals surface area contributed by atoms with Gasteiger partial charge in [-0.25, -0.2) is 4.98 Å². The summed E-state index contributed by atoms with van der Waals surface area (Å²) in [5.74, 6) is 1.49. The molecule has 0 bridgehead atoms. The van der Waals surface area contributed by atoms with Gasteiger partial charge in [0.25, 0.3) is 0 Å². The van der Waals surface area contributed by atoms with Gasteiger partial charge in [-0.3, -0.25) is 4.90 Å². The number of anilines is 2. The second-order valence-corrected chi connectivity index (χ2v) is 4.47. The van der Waals surface area contributed by atoms with Crippen LogP contribution >= 0.6 is 0 Å². The minimum Gasteiger partial charge on any atom is -0.379 e. The third-order valence-electron chi connectivity index (χ3n) is 2.91. The van der Waals surface area contributed by atoms with Gasteiger partial charge >= 0.3 is 0 Å². The predicted molar refractivity (Wildman–Crippen MR) is 71.9 cm³/mol. The van der Waals surface area contributed by atoms with Crippen LogP contribution in [0.2, 0.25) is 0 Å². The van der Waals surface area contributed by atoms with Crippen LogP contribution in [-0.4, -0.2) is 60.8 Å². The fraction of sp³-hybridized carbons (Fsp3) is 0.667. The molecule has 1 aromatic heterocycles. The van der Waals surface area contributed by atoms with E-state index in [4.69, 9.17) is 4.74 Å². The fourth-order valence-corrected chi connectivity index (χ4v) is 2.03. The van der Waals surface area contributed by atoms with Crippen molar-refractivity contribution in [3.05, 3.63) is 12.3 Å². The van der Waals surface area contributed by atoms with Crippen LogP contribution in [-0.2, 0) is 4.74 Å². The lowest BCUT2D eigenvalue weighted by Crippen LogP contribution is -2.42. The van der Waals surface area contributed by atoms with Gasteiger partial charge in [-0.2, -0.15) is 4.98 Å².